The molecule has 0 spiro atoms. The number of nitrogens with one attached hydrogen (secondary N) is 2. The van der Waals surface area contributed by atoms with Gasteiger partial charge in [-0.15, -0.1) is 0 Å². The summed E-state index contributed by atoms with van der Waals surface area (Å²) in [7, 11) is 1.54. The van der Waals surface area contributed by atoms with Crippen molar-refractivity contribution in [3.05, 3.63) is 83.0 Å². The third kappa shape index (κ3) is 3.49. The van der Waals surface area contributed by atoms with Crippen LogP contribution in [0.1, 0.15) is 27.2 Å². The molecule has 8 nitrogen and oxygen atoms in total. The summed E-state index contributed by atoms with van der Waals surface area (Å²) < 4.78 is 5.23. The Kier molecular flexibility index (Phi) is 4.85. The Morgan fingerprint density at radius 1 is 1.06 bits per heavy atom. The van der Waals surface area contributed by atoms with E-state index in [1.54, 1.807) is 36.3 Å². The molecular weight excluding hydrogens is 420 g/mol. The van der Waals surface area contributed by atoms with Gasteiger partial charge in [-0.05, 0) is 42.3 Å². The maximum atomic E-state index is 13.1. The first-order valence-electron chi connectivity index (χ1n) is 10.5. The Labute approximate surface area is 190 Å². The minimum absolute atomic E-state index is 0.00242. The SMILES string of the molecule is COc1ccc2c(c1)C(=O)N(C[C@@]1(c3ccc(-c4cccc(C)n4)cc3)NC(=O)NC1=O)C2. The van der Waals surface area contributed by atoms with Crippen molar-refractivity contribution in [1.29, 1.82) is 0 Å². The summed E-state index contributed by atoms with van der Waals surface area (Å²) in [5.74, 6) is -0.112. The Morgan fingerprint density at radius 3 is 2.52 bits per heavy atom. The number of carbonyl (C=O) groups is 3. The second-order valence-electron chi connectivity index (χ2n) is 8.24. The molecule has 3 heterocycles. The number of hydrogen-bond acceptors (Lipinski definition) is 5. The number of nitrogens with zero attached hydrogens (tertiary/aromatic N) is 2. The average molecular weight is 442 g/mol. The van der Waals surface area contributed by atoms with E-state index in [9.17, 15) is 14.4 Å². The number of aromatic nitrogens is 1. The number of urea groups is 1. The van der Waals surface area contributed by atoms with E-state index in [4.69, 9.17) is 4.74 Å². The monoisotopic (exact) mass is 442 g/mol. The molecule has 0 aliphatic carbocycles. The summed E-state index contributed by atoms with van der Waals surface area (Å²) in [5, 5.41) is 5.09. The molecule has 3 aromatic rings. The Bertz CT molecular complexity index is 1290. The van der Waals surface area contributed by atoms with E-state index < -0.39 is 17.5 Å². The van der Waals surface area contributed by atoms with Gasteiger partial charge < -0.3 is 15.0 Å². The highest BCUT2D eigenvalue weighted by atomic mass is 16.5. The molecule has 2 aromatic carbocycles. The first-order valence-corrected chi connectivity index (χ1v) is 10.5. The third-order valence-corrected chi connectivity index (χ3v) is 6.13. The molecular formula is C25H22N4O4. The van der Waals surface area contributed by atoms with Crippen LogP contribution < -0.4 is 15.4 Å². The molecule has 0 unspecified atom stereocenters. The van der Waals surface area contributed by atoms with Crippen LogP contribution in [0.2, 0.25) is 0 Å². The van der Waals surface area contributed by atoms with E-state index in [1.165, 1.54) is 0 Å². The maximum Gasteiger partial charge on any atom is 0.322 e. The van der Waals surface area contributed by atoms with Crippen LogP contribution in [0.4, 0.5) is 4.79 Å². The van der Waals surface area contributed by atoms with E-state index in [0.29, 0.717) is 23.4 Å². The van der Waals surface area contributed by atoms with Gasteiger partial charge in [0.25, 0.3) is 11.8 Å². The molecule has 1 aromatic heterocycles. The van der Waals surface area contributed by atoms with E-state index in [1.807, 2.05) is 43.3 Å². The first kappa shape index (κ1) is 20.7. The lowest BCUT2D eigenvalue weighted by molar-refractivity contribution is -0.124. The quantitative estimate of drug-likeness (QED) is 0.592. The highest BCUT2D eigenvalue weighted by Gasteiger charge is 2.50. The van der Waals surface area contributed by atoms with Crippen LogP contribution in [0.15, 0.2) is 60.7 Å². The number of rotatable bonds is 5. The molecule has 2 aliphatic heterocycles. The molecule has 1 atom stereocenters. The van der Waals surface area contributed by atoms with Crippen molar-refractivity contribution in [3.63, 3.8) is 0 Å². The second kappa shape index (κ2) is 7.74. The van der Waals surface area contributed by atoms with Crippen molar-refractivity contribution >= 4 is 17.8 Å². The van der Waals surface area contributed by atoms with E-state index in [-0.39, 0.29) is 12.5 Å². The molecule has 1 saturated heterocycles. The molecule has 0 bridgehead atoms. The second-order valence-corrected chi connectivity index (χ2v) is 8.24. The zero-order valence-electron chi connectivity index (χ0n) is 18.2. The smallest absolute Gasteiger partial charge is 0.322 e. The van der Waals surface area contributed by atoms with Crippen LogP contribution in [-0.2, 0) is 16.9 Å². The minimum Gasteiger partial charge on any atom is -0.497 e. The third-order valence-electron chi connectivity index (χ3n) is 6.13. The summed E-state index contributed by atoms with van der Waals surface area (Å²) in [4.78, 5) is 44.4. The standard InChI is InChI=1S/C25H22N4O4/c1-15-4-3-5-21(26-15)16-6-9-18(10-7-16)25(23(31)27-24(32)28-25)14-29-13-17-8-11-19(33-2)12-20(17)22(29)30/h3-12H,13-14H2,1-2H3,(H2,27,28,31,32)/t25-/m0/s1. The van der Waals surface area contributed by atoms with Crippen LogP contribution in [0.3, 0.4) is 0 Å². The molecule has 8 heteroatoms. The summed E-state index contributed by atoms with van der Waals surface area (Å²) in [6, 6.07) is 17.8. The number of fused-ring (bicyclic) bond motifs is 1. The number of imide groups is 1. The van der Waals surface area contributed by atoms with Crippen molar-refractivity contribution in [2.24, 2.45) is 0 Å². The van der Waals surface area contributed by atoms with Gasteiger partial charge in [-0.25, -0.2) is 4.79 Å². The van der Waals surface area contributed by atoms with Gasteiger partial charge in [-0.2, -0.15) is 0 Å². The van der Waals surface area contributed by atoms with Gasteiger partial charge in [-0.1, -0.05) is 36.4 Å². The topological polar surface area (TPSA) is 101 Å². The number of pyridine rings is 1. The van der Waals surface area contributed by atoms with Gasteiger partial charge in [0.1, 0.15) is 5.75 Å². The average Bonchev–Trinajstić information content (AvgIpc) is 3.28. The highest BCUT2D eigenvalue weighted by molar-refractivity contribution is 6.08. The van der Waals surface area contributed by atoms with Crippen molar-refractivity contribution in [3.8, 4) is 17.0 Å². The van der Waals surface area contributed by atoms with Crippen molar-refractivity contribution in [2.75, 3.05) is 13.7 Å². The zero-order valence-corrected chi connectivity index (χ0v) is 18.2. The van der Waals surface area contributed by atoms with Crippen molar-refractivity contribution in [1.82, 2.24) is 20.5 Å². The fourth-order valence-corrected chi connectivity index (χ4v) is 4.41. The van der Waals surface area contributed by atoms with Crippen LogP contribution in [0.25, 0.3) is 11.3 Å². The number of methoxy groups -OCH3 is 1. The Morgan fingerprint density at radius 2 is 1.85 bits per heavy atom. The number of carbonyl (C=O) groups excluding carboxylic acids is 3. The lowest BCUT2D eigenvalue weighted by Gasteiger charge is -2.31. The minimum atomic E-state index is -1.39. The molecule has 0 saturated carbocycles. The summed E-state index contributed by atoms with van der Waals surface area (Å²) in [6.45, 7) is 2.27. The van der Waals surface area contributed by atoms with E-state index in [2.05, 4.69) is 15.6 Å². The largest absolute Gasteiger partial charge is 0.497 e. The predicted octanol–water partition coefficient (Wildman–Crippen LogP) is 2.76. The number of aryl methyl sites for hydroxylation is 1. The Hall–Kier alpha value is -4.20. The molecule has 0 radical (unpaired) electrons. The summed E-state index contributed by atoms with van der Waals surface area (Å²) in [5.41, 5.74) is 3.19. The van der Waals surface area contributed by atoms with Crippen molar-refractivity contribution in [2.45, 2.75) is 19.0 Å². The van der Waals surface area contributed by atoms with Gasteiger partial charge in [0.05, 0.1) is 19.3 Å². The van der Waals surface area contributed by atoms with Gasteiger partial charge in [0, 0.05) is 23.4 Å². The van der Waals surface area contributed by atoms with Crippen LogP contribution in [0.5, 0.6) is 5.75 Å². The molecule has 2 N–H and O–H groups in total. The fraction of sp³-hybridized carbons (Fsp3) is 0.200. The van der Waals surface area contributed by atoms with E-state index in [0.717, 1.165) is 22.5 Å². The molecule has 4 amide bonds. The molecule has 2 aliphatic rings. The summed E-state index contributed by atoms with van der Waals surface area (Å²) >= 11 is 0. The molecule has 166 valence electrons. The van der Waals surface area contributed by atoms with Gasteiger partial charge in [0.15, 0.2) is 5.54 Å². The molecule has 1 fully saturated rings. The van der Waals surface area contributed by atoms with E-state index >= 15 is 0 Å². The van der Waals surface area contributed by atoms with Crippen molar-refractivity contribution < 1.29 is 19.1 Å². The first-order chi connectivity index (χ1) is 15.9. The molecule has 33 heavy (non-hydrogen) atoms. The van der Waals surface area contributed by atoms with Crippen LogP contribution in [0, 0.1) is 6.92 Å². The predicted molar refractivity (Wildman–Crippen MR) is 120 cm³/mol. The van der Waals surface area contributed by atoms with Crippen LogP contribution in [-0.4, -0.2) is 41.4 Å². The normalized spacial score (nSPS) is 19.3. The highest BCUT2D eigenvalue weighted by Crippen LogP contribution is 2.33. The Balaban J connectivity index is 1.48. The molecule has 5 rings (SSSR count). The maximum absolute atomic E-state index is 13.1. The summed E-state index contributed by atoms with van der Waals surface area (Å²) in [6.07, 6.45) is 0. The fourth-order valence-electron chi connectivity index (χ4n) is 4.41. The number of benzene rings is 2. The number of amides is 4. The van der Waals surface area contributed by atoms with Gasteiger partial charge in [0.2, 0.25) is 0 Å². The lowest BCUT2D eigenvalue weighted by atomic mass is 9.88. The van der Waals surface area contributed by atoms with Gasteiger partial charge in [-0.3, -0.25) is 19.9 Å². The number of hydrogen-bond donors (Lipinski definition) is 2. The lowest BCUT2D eigenvalue weighted by Crippen LogP contribution is -2.52. The number of ether oxygens (including phenoxy) is 1. The van der Waals surface area contributed by atoms with Gasteiger partial charge >= 0.3 is 6.03 Å². The van der Waals surface area contributed by atoms with Crippen LogP contribution >= 0.6 is 0 Å². The zero-order chi connectivity index (χ0) is 23.2.